The minimum absolute atomic E-state index is 0.0823. The Hall–Kier alpha value is -1.59. The molecule has 0 aromatic rings. The molecule has 0 bridgehead atoms. The van der Waals surface area contributed by atoms with Crippen LogP contribution >= 0.6 is 0 Å². The lowest BCUT2D eigenvalue weighted by molar-refractivity contribution is -0.143. The maximum atomic E-state index is 11.9. The lowest BCUT2D eigenvalue weighted by Crippen LogP contribution is -2.41. The van der Waals surface area contributed by atoms with Gasteiger partial charge in [0.2, 0.25) is 5.91 Å². The predicted molar refractivity (Wildman–Crippen MR) is 72.2 cm³/mol. The molecule has 0 spiro atoms. The van der Waals surface area contributed by atoms with E-state index in [1.807, 2.05) is 0 Å². The van der Waals surface area contributed by atoms with E-state index in [-0.39, 0.29) is 18.7 Å². The lowest BCUT2D eigenvalue weighted by atomic mass is 9.96. The Morgan fingerprint density at radius 3 is 2.15 bits per heavy atom. The van der Waals surface area contributed by atoms with Gasteiger partial charge in [-0.25, -0.2) is 4.79 Å². The highest BCUT2D eigenvalue weighted by Crippen LogP contribution is 2.25. The number of hydrogen-bond donors (Lipinski definition) is 3. The molecule has 3 N–H and O–H groups in total. The third-order valence-corrected chi connectivity index (χ3v) is 3.73. The van der Waals surface area contributed by atoms with Gasteiger partial charge in [-0.1, -0.05) is 25.7 Å². The van der Waals surface area contributed by atoms with Gasteiger partial charge < -0.3 is 15.5 Å². The summed E-state index contributed by atoms with van der Waals surface area (Å²) in [5, 5.41) is 20.0. The molecule has 6 heteroatoms. The largest absolute Gasteiger partial charge is 0.481 e. The van der Waals surface area contributed by atoms with E-state index in [0.29, 0.717) is 12.3 Å². The SMILES string of the molecule is O=C(O)CCC(NC(=O)CC1CCCCCC1)C(=O)O. The second kappa shape index (κ2) is 8.55. The van der Waals surface area contributed by atoms with Crippen LogP contribution in [0.25, 0.3) is 0 Å². The fourth-order valence-electron chi connectivity index (χ4n) is 2.61. The van der Waals surface area contributed by atoms with Gasteiger partial charge >= 0.3 is 11.9 Å². The second-order valence-electron chi connectivity index (χ2n) is 5.45. The van der Waals surface area contributed by atoms with E-state index < -0.39 is 18.0 Å². The monoisotopic (exact) mass is 285 g/mol. The van der Waals surface area contributed by atoms with Crippen molar-refractivity contribution in [3.05, 3.63) is 0 Å². The fraction of sp³-hybridized carbons (Fsp3) is 0.786. The molecule has 6 nitrogen and oxygen atoms in total. The summed E-state index contributed by atoms with van der Waals surface area (Å²) in [6, 6.07) is -1.11. The van der Waals surface area contributed by atoms with Crippen LogP contribution < -0.4 is 5.32 Å². The van der Waals surface area contributed by atoms with E-state index in [4.69, 9.17) is 10.2 Å². The van der Waals surface area contributed by atoms with Crippen LogP contribution in [0.4, 0.5) is 0 Å². The maximum absolute atomic E-state index is 11.9. The molecule has 1 aliphatic carbocycles. The molecule has 1 amide bonds. The Morgan fingerprint density at radius 2 is 1.65 bits per heavy atom. The number of aliphatic carboxylic acids is 2. The average Bonchev–Trinajstić information content (AvgIpc) is 2.62. The van der Waals surface area contributed by atoms with E-state index in [2.05, 4.69) is 5.32 Å². The van der Waals surface area contributed by atoms with E-state index in [1.54, 1.807) is 0 Å². The van der Waals surface area contributed by atoms with Crippen LogP contribution in [0, 0.1) is 5.92 Å². The molecule has 0 aliphatic heterocycles. The van der Waals surface area contributed by atoms with Crippen LogP contribution in [0.15, 0.2) is 0 Å². The number of rotatable bonds is 7. The molecule has 20 heavy (non-hydrogen) atoms. The van der Waals surface area contributed by atoms with Gasteiger partial charge in [0.05, 0.1) is 0 Å². The molecule has 0 saturated heterocycles. The topological polar surface area (TPSA) is 104 Å². The second-order valence-corrected chi connectivity index (χ2v) is 5.45. The quantitative estimate of drug-likeness (QED) is 0.619. The highest BCUT2D eigenvalue weighted by atomic mass is 16.4. The van der Waals surface area contributed by atoms with Crippen molar-refractivity contribution in [1.29, 1.82) is 0 Å². The number of carboxylic acid groups (broad SMARTS) is 2. The van der Waals surface area contributed by atoms with Gasteiger partial charge in [-0.3, -0.25) is 9.59 Å². The molecule has 0 radical (unpaired) electrons. The molecule has 0 aromatic carbocycles. The standard InChI is InChI=1S/C14H23NO5/c16-12(9-10-5-3-1-2-4-6-10)15-11(14(19)20)7-8-13(17)18/h10-11H,1-9H2,(H,15,16)(H,17,18)(H,19,20). The van der Waals surface area contributed by atoms with Crippen molar-refractivity contribution in [2.75, 3.05) is 0 Å². The van der Waals surface area contributed by atoms with Crippen molar-refractivity contribution < 1.29 is 24.6 Å². The Balaban J connectivity index is 2.40. The summed E-state index contributed by atoms with van der Waals surface area (Å²) in [5.41, 5.74) is 0. The van der Waals surface area contributed by atoms with Crippen molar-refractivity contribution in [3.8, 4) is 0 Å². The summed E-state index contributed by atoms with van der Waals surface area (Å²) in [6.45, 7) is 0. The molecule has 1 unspecified atom stereocenters. The Morgan fingerprint density at radius 1 is 1.05 bits per heavy atom. The zero-order valence-electron chi connectivity index (χ0n) is 11.6. The van der Waals surface area contributed by atoms with Crippen molar-refractivity contribution >= 4 is 17.8 Å². The number of carbonyl (C=O) groups excluding carboxylic acids is 1. The van der Waals surface area contributed by atoms with Gasteiger partial charge in [-0.2, -0.15) is 0 Å². The molecule has 114 valence electrons. The summed E-state index contributed by atoms with van der Waals surface area (Å²) in [4.78, 5) is 33.3. The Kier molecular flexibility index (Phi) is 7.04. The first kappa shape index (κ1) is 16.5. The third kappa shape index (κ3) is 6.54. The highest BCUT2D eigenvalue weighted by molar-refractivity contribution is 5.84. The minimum Gasteiger partial charge on any atom is -0.481 e. The van der Waals surface area contributed by atoms with Gasteiger partial charge in [0.1, 0.15) is 6.04 Å². The molecule has 1 aliphatic rings. The number of nitrogens with one attached hydrogen (secondary N) is 1. The van der Waals surface area contributed by atoms with E-state index >= 15 is 0 Å². The maximum Gasteiger partial charge on any atom is 0.326 e. The highest BCUT2D eigenvalue weighted by Gasteiger charge is 2.23. The normalized spacial score (nSPS) is 18.0. The van der Waals surface area contributed by atoms with Crippen molar-refractivity contribution in [3.63, 3.8) is 0 Å². The molecular weight excluding hydrogens is 262 g/mol. The van der Waals surface area contributed by atoms with Gasteiger partial charge in [0, 0.05) is 12.8 Å². The number of amides is 1. The van der Waals surface area contributed by atoms with E-state index in [9.17, 15) is 14.4 Å². The zero-order valence-corrected chi connectivity index (χ0v) is 11.6. The van der Waals surface area contributed by atoms with Gasteiger partial charge in [-0.05, 0) is 25.2 Å². The average molecular weight is 285 g/mol. The van der Waals surface area contributed by atoms with Crippen LogP contribution in [0.3, 0.4) is 0 Å². The van der Waals surface area contributed by atoms with Crippen molar-refractivity contribution in [2.45, 2.75) is 63.8 Å². The Bertz CT molecular complexity index is 347. The predicted octanol–water partition coefficient (Wildman–Crippen LogP) is 1.78. The van der Waals surface area contributed by atoms with Crippen LogP contribution in [0.5, 0.6) is 0 Å². The molecular formula is C14H23NO5. The first-order valence-corrected chi connectivity index (χ1v) is 7.23. The fourth-order valence-corrected chi connectivity index (χ4v) is 2.61. The van der Waals surface area contributed by atoms with Gasteiger partial charge in [-0.15, -0.1) is 0 Å². The summed E-state index contributed by atoms with van der Waals surface area (Å²) < 4.78 is 0. The van der Waals surface area contributed by atoms with Crippen LogP contribution in [-0.2, 0) is 14.4 Å². The smallest absolute Gasteiger partial charge is 0.326 e. The van der Waals surface area contributed by atoms with Crippen molar-refractivity contribution in [1.82, 2.24) is 5.32 Å². The summed E-state index contributed by atoms with van der Waals surface area (Å²) in [7, 11) is 0. The third-order valence-electron chi connectivity index (χ3n) is 3.73. The number of hydrogen-bond acceptors (Lipinski definition) is 3. The van der Waals surface area contributed by atoms with E-state index in [0.717, 1.165) is 25.7 Å². The van der Waals surface area contributed by atoms with E-state index in [1.165, 1.54) is 12.8 Å². The van der Waals surface area contributed by atoms with Crippen LogP contribution in [0.1, 0.15) is 57.8 Å². The molecule has 1 rings (SSSR count). The van der Waals surface area contributed by atoms with Crippen molar-refractivity contribution in [2.24, 2.45) is 5.92 Å². The summed E-state index contributed by atoms with van der Waals surface area (Å²) >= 11 is 0. The molecule has 0 aromatic heterocycles. The summed E-state index contributed by atoms with van der Waals surface area (Å²) in [5.74, 6) is -2.20. The number of carboxylic acids is 2. The Labute approximate surface area is 118 Å². The number of carbonyl (C=O) groups is 3. The van der Waals surface area contributed by atoms with Crippen LogP contribution in [-0.4, -0.2) is 34.1 Å². The first-order valence-electron chi connectivity index (χ1n) is 7.23. The molecule has 0 heterocycles. The molecule has 1 saturated carbocycles. The molecule has 1 fully saturated rings. The summed E-state index contributed by atoms with van der Waals surface area (Å²) in [6.07, 6.45) is 6.68. The molecule has 1 atom stereocenters. The lowest BCUT2D eigenvalue weighted by Gasteiger charge is -2.17. The van der Waals surface area contributed by atoms with Gasteiger partial charge in [0.15, 0.2) is 0 Å². The minimum atomic E-state index is -1.18. The zero-order chi connectivity index (χ0) is 15.0. The van der Waals surface area contributed by atoms with Crippen LogP contribution in [0.2, 0.25) is 0 Å². The first-order chi connectivity index (χ1) is 9.49. The van der Waals surface area contributed by atoms with Gasteiger partial charge in [0.25, 0.3) is 0 Å².